The third-order valence-corrected chi connectivity index (χ3v) is 2.58. The number of hydrogen-bond acceptors (Lipinski definition) is 5. The van der Waals surface area contributed by atoms with E-state index in [9.17, 15) is 9.59 Å². The summed E-state index contributed by atoms with van der Waals surface area (Å²) in [7, 11) is 0. The van der Waals surface area contributed by atoms with Crippen molar-refractivity contribution in [1.82, 2.24) is 19.3 Å². The Morgan fingerprint density at radius 2 is 1.94 bits per heavy atom. The van der Waals surface area contributed by atoms with Crippen molar-refractivity contribution < 1.29 is 4.42 Å². The highest BCUT2D eigenvalue weighted by molar-refractivity contribution is 4.90. The molecule has 0 fully saturated rings. The molecule has 18 heavy (non-hydrogen) atoms. The summed E-state index contributed by atoms with van der Waals surface area (Å²) in [4.78, 5) is 23.6. The van der Waals surface area contributed by atoms with Crippen LogP contribution in [0.2, 0.25) is 0 Å². The average Bonchev–Trinajstić information content (AvgIpc) is 2.82. The second kappa shape index (κ2) is 4.99. The van der Waals surface area contributed by atoms with Gasteiger partial charge in [0, 0.05) is 25.2 Å². The lowest BCUT2D eigenvalue weighted by atomic mass is 10.5. The summed E-state index contributed by atoms with van der Waals surface area (Å²) in [5, 5.41) is 7.59. The average molecular weight is 250 g/mol. The largest absolute Gasteiger partial charge is 0.423 e. The molecule has 0 aliphatic rings. The lowest BCUT2D eigenvalue weighted by Crippen LogP contribution is -2.39. The second-order valence-corrected chi connectivity index (χ2v) is 3.75. The Kier molecular flexibility index (Phi) is 3.40. The molecule has 0 unspecified atom stereocenters. The van der Waals surface area contributed by atoms with E-state index in [-0.39, 0.29) is 23.7 Å². The van der Waals surface area contributed by atoms with Crippen molar-refractivity contribution in [2.45, 2.75) is 33.4 Å². The molecule has 2 aromatic rings. The van der Waals surface area contributed by atoms with Gasteiger partial charge in [0.25, 0.3) is 5.56 Å². The molecule has 0 amide bonds. The molecule has 0 aliphatic heterocycles. The van der Waals surface area contributed by atoms with Gasteiger partial charge in [-0.05, 0) is 6.92 Å². The van der Waals surface area contributed by atoms with Gasteiger partial charge >= 0.3 is 5.69 Å². The highest BCUT2D eigenvalue weighted by atomic mass is 16.4. The maximum atomic E-state index is 11.9. The topological polar surface area (TPSA) is 82.9 Å². The van der Waals surface area contributed by atoms with Crippen LogP contribution in [-0.2, 0) is 19.5 Å². The Balaban J connectivity index is 2.39. The van der Waals surface area contributed by atoms with Crippen molar-refractivity contribution in [1.29, 1.82) is 0 Å². The molecule has 0 radical (unpaired) electrons. The van der Waals surface area contributed by atoms with Crippen molar-refractivity contribution >= 4 is 0 Å². The van der Waals surface area contributed by atoms with E-state index in [1.807, 2.05) is 13.8 Å². The van der Waals surface area contributed by atoms with Crippen molar-refractivity contribution in [3.63, 3.8) is 0 Å². The van der Waals surface area contributed by atoms with E-state index in [2.05, 4.69) is 10.2 Å². The molecule has 0 aliphatic carbocycles. The normalized spacial score (nSPS) is 10.8. The van der Waals surface area contributed by atoms with E-state index >= 15 is 0 Å². The van der Waals surface area contributed by atoms with Crippen LogP contribution >= 0.6 is 0 Å². The van der Waals surface area contributed by atoms with Gasteiger partial charge in [0.2, 0.25) is 11.8 Å². The minimum Gasteiger partial charge on any atom is -0.423 e. The van der Waals surface area contributed by atoms with Crippen LogP contribution in [0.15, 0.2) is 26.3 Å². The molecule has 0 bridgehead atoms. The summed E-state index contributed by atoms with van der Waals surface area (Å²) in [6.07, 6.45) is 2.10. The molecule has 0 N–H and O–H groups in total. The number of aryl methyl sites for hydroxylation is 2. The highest BCUT2D eigenvalue weighted by Gasteiger charge is 2.09. The van der Waals surface area contributed by atoms with Gasteiger partial charge in [-0.1, -0.05) is 6.92 Å². The van der Waals surface area contributed by atoms with Crippen LogP contribution in [0.5, 0.6) is 0 Å². The van der Waals surface area contributed by atoms with Crippen LogP contribution in [0.1, 0.15) is 25.6 Å². The molecule has 0 atom stereocenters. The minimum absolute atomic E-state index is 0.00546. The van der Waals surface area contributed by atoms with E-state index in [4.69, 9.17) is 4.42 Å². The zero-order valence-corrected chi connectivity index (χ0v) is 10.3. The van der Waals surface area contributed by atoms with E-state index in [0.29, 0.717) is 18.9 Å². The Hall–Kier alpha value is -2.18. The molecular formula is C11H14N4O3. The molecule has 2 rings (SSSR count). The first-order valence-corrected chi connectivity index (χ1v) is 5.77. The number of hydrogen-bond donors (Lipinski definition) is 0. The molecule has 7 heteroatoms. The van der Waals surface area contributed by atoms with E-state index in [1.165, 1.54) is 16.8 Å². The first-order chi connectivity index (χ1) is 8.65. The Labute approximate surface area is 103 Å². The highest BCUT2D eigenvalue weighted by Crippen LogP contribution is 2.00. The van der Waals surface area contributed by atoms with Gasteiger partial charge in [0.05, 0.1) is 0 Å². The van der Waals surface area contributed by atoms with Crippen molar-refractivity contribution in [2.75, 3.05) is 0 Å². The molecule has 2 aromatic heterocycles. The lowest BCUT2D eigenvalue weighted by Gasteiger charge is -2.05. The van der Waals surface area contributed by atoms with Crippen LogP contribution < -0.4 is 11.2 Å². The van der Waals surface area contributed by atoms with Crippen LogP contribution in [0.3, 0.4) is 0 Å². The van der Waals surface area contributed by atoms with E-state index in [0.717, 1.165) is 4.57 Å². The first kappa shape index (κ1) is 12.3. The lowest BCUT2D eigenvalue weighted by molar-refractivity contribution is 0.431. The SMILES string of the molecule is CCc1nnc(Cn2c(=O)ccn(CC)c2=O)o1. The maximum absolute atomic E-state index is 11.9. The third-order valence-electron chi connectivity index (χ3n) is 2.58. The molecule has 2 heterocycles. The van der Waals surface area contributed by atoms with Crippen LogP contribution in [0.4, 0.5) is 0 Å². The van der Waals surface area contributed by atoms with Crippen molar-refractivity contribution in [2.24, 2.45) is 0 Å². The fourth-order valence-electron chi connectivity index (χ4n) is 1.57. The predicted molar refractivity (Wildman–Crippen MR) is 63.4 cm³/mol. The number of aromatic nitrogens is 4. The van der Waals surface area contributed by atoms with E-state index in [1.54, 1.807) is 0 Å². The first-order valence-electron chi connectivity index (χ1n) is 5.77. The Bertz CT molecular complexity index is 653. The van der Waals surface area contributed by atoms with Gasteiger partial charge < -0.3 is 8.98 Å². The zero-order valence-electron chi connectivity index (χ0n) is 10.3. The summed E-state index contributed by atoms with van der Waals surface area (Å²) in [6.45, 7) is 4.23. The number of nitrogens with zero attached hydrogens (tertiary/aromatic N) is 4. The molecule has 0 saturated carbocycles. The minimum atomic E-state index is -0.374. The predicted octanol–water partition coefficient (Wildman–Crippen LogP) is 0.0236. The van der Waals surface area contributed by atoms with Gasteiger partial charge in [-0.15, -0.1) is 10.2 Å². The van der Waals surface area contributed by atoms with E-state index < -0.39 is 0 Å². The molecule has 0 spiro atoms. The van der Waals surface area contributed by atoms with Gasteiger partial charge in [0.1, 0.15) is 6.54 Å². The molecular weight excluding hydrogens is 236 g/mol. The summed E-state index contributed by atoms with van der Waals surface area (Å²) >= 11 is 0. The fraction of sp³-hybridized carbons (Fsp3) is 0.455. The van der Waals surface area contributed by atoms with Gasteiger partial charge in [-0.2, -0.15) is 0 Å². The van der Waals surface area contributed by atoms with Crippen molar-refractivity contribution in [3.05, 3.63) is 44.9 Å². The summed E-state index contributed by atoms with van der Waals surface area (Å²) in [5.41, 5.74) is -0.748. The fourth-order valence-corrected chi connectivity index (χ4v) is 1.57. The Morgan fingerprint density at radius 1 is 1.22 bits per heavy atom. The molecule has 7 nitrogen and oxygen atoms in total. The molecule has 96 valence electrons. The van der Waals surface area contributed by atoms with Gasteiger partial charge in [-0.3, -0.25) is 9.36 Å². The zero-order chi connectivity index (χ0) is 13.1. The summed E-state index contributed by atoms with van der Waals surface area (Å²) in [6, 6.07) is 1.35. The maximum Gasteiger partial charge on any atom is 0.331 e. The summed E-state index contributed by atoms with van der Waals surface area (Å²) in [5.74, 6) is 0.754. The quantitative estimate of drug-likeness (QED) is 0.764. The number of rotatable bonds is 4. The third kappa shape index (κ3) is 2.24. The molecule has 0 aromatic carbocycles. The van der Waals surface area contributed by atoms with Crippen LogP contribution in [0.25, 0.3) is 0 Å². The van der Waals surface area contributed by atoms with Crippen LogP contribution in [0, 0.1) is 0 Å². The van der Waals surface area contributed by atoms with Gasteiger partial charge in [0.15, 0.2) is 0 Å². The smallest absolute Gasteiger partial charge is 0.331 e. The second-order valence-electron chi connectivity index (χ2n) is 3.75. The van der Waals surface area contributed by atoms with Gasteiger partial charge in [-0.25, -0.2) is 4.79 Å². The standard InChI is InChI=1S/C11H14N4O3/c1-3-8-12-13-9(18-8)7-15-10(16)5-6-14(4-2)11(15)17/h5-6H,3-4,7H2,1-2H3. The Morgan fingerprint density at radius 3 is 2.56 bits per heavy atom. The monoisotopic (exact) mass is 250 g/mol. The summed E-state index contributed by atoms with van der Waals surface area (Å²) < 4.78 is 7.81. The van der Waals surface area contributed by atoms with Crippen molar-refractivity contribution in [3.8, 4) is 0 Å². The van der Waals surface area contributed by atoms with Crippen LogP contribution in [-0.4, -0.2) is 19.3 Å². The molecule has 0 saturated heterocycles.